The molecule has 8 nitrogen and oxygen atoms in total. The predicted octanol–water partition coefficient (Wildman–Crippen LogP) is 2.70. The molecule has 3 rings (SSSR count). The molecule has 0 heterocycles. The van der Waals surface area contributed by atoms with E-state index in [4.69, 9.17) is 0 Å². The molecule has 1 N–H and O–H groups in total. The molecule has 2 aliphatic rings. The Kier molecular flexibility index (Phi) is 2.85. The van der Waals surface area contributed by atoms with E-state index in [2.05, 4.69) is 10.5 Å². The van der Waals surface area contributed by atoms with Crippen LogP contribution in [0.25, 0.3) is 0 Å². The minimum atomic E-state index is -0.658. The molecule has 0 aliphatic heterocycles. The summed E-state index contributed by atoms with van der Waals surface area (Å²) in [6.45, 7) is 0. The Labute approximate surface area is 113 Å². The number of nitro benzene ring substituents is 2. The lowest BCUT2D eigenvalue weighted by molar-refractivity contribution is -0.393. The second-order valence-electron chi connectivity index (χ2n) is 5.07. The summed E-state index contributed by atoms with van der Waals surface area (Å²) in [4.78, 5) is 20.3. The Morgan fingerprint density at radius 2 is 2.05 bits per heavy atom. The molecule has 2 aliphatic carbocycles. The van der Waals surface area contributed by atoms with E-state index >= 15 is 0 Å². The van der Waals surface area contributed by atoms with Crippen molar-refractivity contribution in [1.82, 2.24) is 0 Å². The van der Waals surface area contributed by atoms with Gasteiger partial charge in [0.25, 0.3) is 5.69 Å². The molecular formula is C12H12N4O4. The van der Waals surface area contributed by atoms with Crippen LogP contribution in [0.5, 0.6) is 0 Å². The van der Waals surface area contributed by atoms with Crippen molar-refractivity contribution in [3.8, 4) is 0 Å². The van der Waals surface area contributed by atoms with Crippen LogP contribution < -0.4 is 5.43 Å². The minimum Gasteiger partial charge on any atom is -0.272 e. The van der Waals surface area contributed by atoms with Gasteiger partial charge in [-0.25, -0.2) is 0 Å². The smallest absolute Gasteiger partial charge is 0.272 e. The summed E-state index contributed by atoms with van der Waals surface area (Å²) in [5.74, 6) is 1.27. The third-order valence-corrected chi connectivity index (χ3v) is 3.83. The van der Waals surface area contributed by atoms with Gasteiger partial charge in [0.05, 0.1) is 15.9 Å². The molecule has 104 valence electrons. The summed E-state index contributed by atoms with van der Waals surface area (Å²) in [5, 5.41) is 25.8. The van der Waals surface area contributed by atoms with Crippen molar-refractivity contribution in [3.63, 3.8) is 0 Å². The zero-order valence-electron chi connectivity index (χ0n) is 10.5. The number of anilines is 1. The third kappa shape index (κ3) is 2.20. The van der Waals surface area contributed by atoms with Crippen LogP contribution in [0, 0.1) is 32.1 Å². The Morgan fingerprint density at radius 3 is 2.60 bits per heavy atom. The van der Waals surface area contributed by atoms with Gasteiger partial charge in [-0.3, -0.25) is 25.7 Å². The maximum atomic E-state index is 11.0. The lowest BCUT2D eigenvalue weighted by atomic mass is 10.2. The first kappa shape index (κ1) is 12.5. The molecule has 2 saturated carbocycles. The molecule has 0 amide bonds. The lowest BCUT2D eigenvalue weighted by Gasteiger charge is -2.04. The Morgan fingerprint density at radius 1 is 1.25 bits per heavy atom. The first-order chi connectivity index (χ1) is 9.56. The standard InChI is InChI=1S/C12H12N4O4/c17-15(18)8-2-4-11(12(6-8)16(19)20)14-13-10-3-1-7-5-9(7)10/h2,4,6-7,9,14H,1,3,5H2. The highest BCUT2D eigenvalue weighted by atomic mass is 16.6. The molecule has 0 radical (unpaired) electrons. The van der Waals surface area contributed by atoms with Crippen LogP contribution in [0.3, 0.4) is 0 Å². The average Bonchev–Trinajstić information content (AvgIpc) is 3.09. The predicted molar refractivity (Wildman–Crippen MR) is 71.6 cm³/mol. The van der Waals surface area contributed by atoms with Gasteiger partial charge in [0.1, 0.15) is 5.69 Å². The molecule has 1 aromatic carbocycles. The Bertz CT molecular complexity index is 628. The quantitative estimate of drug-likeness (QED) is 0.671. The molecule has 8 heteroatoms. The summed E-state index contributed by atoms with van der Waals surface area (Å²) in [6, 6.07) is 3.49. The van der Waals surface area contributed by atoms with Gasteiger partial charge in [0, 0.05) is 17.7 Å². The van der Waals surface area contributed by atoms with Crippen LogP contribution in [0.4, 0.5) is 17.1 Å². The number of benzene rings is 1. The average molecular weight is 276 g/mol. The summed E-state index contributed by atoms with van der Waals surface area (Å²) in [5.41, 5.74) is 3.26. The molecule has 2 atom stereocenters. The largest absolute Gasteiger partial charge is 0.301 e. The minimum absolute atomic E-state index is 0.178. The normalized spacial score (nSPS) is 25.3. The van der Waals surface area contributed by atoms with Crippen LogP contribution >= 0.6 is 0 Å². The number of hydrogen-bond acceptors (Lipinski definition) is 6. The van der Waals surface area contributed by atoms with Crippen LogP contribution in [0.15, 0.2) is 23.3 Å². The molecule has 0 saturated heterocycles. The van der Waals surface area contributed by atoms with Gasteiger partial charge in [0.15, 0.2) is 0 Å². The number of hydrogen-bond donors (Lipinski definition) is 1. The SMILES string of the molecule is O=[N+]([O-])c1ccc(NN=C2CCC3CC23)c([N+](=O)[O-])c1. The molecule has 0 aromatic heterocycles. The van der Waals surface area contributed by atoms with E-state index in [1.807, 2.05) is 0 Å². The van der Waals surface area contributed by atoms with Gasteiger partial charge in [-0.1, -0.05) is 0 Å². The zero-order valence-corrected chi connectivity index (χ0v) is 10.5. The van der Waals surface area contributed by atoms with Crippen LogP contribution in [0.2, 0.25) is 0 Å². The molecular weight excluding hydrogens is 264 g/mol. The van der Waals surface area contributed by atoms with E-state index in [1.165, 1.54) is 12.1 Å². The fourth-order valence-corrected chi connectivity index (χ4v) is 2.64. The van der Waals surface area contributed by atoms with Crippen molar-refractivity contribution in [1.29, 1.82) is 0 Å². The lowest BCUT2D eigenvalue weighted by Crippen LogP contribution is -2.03. The van der Waals surface area contributed by atoms with Crippen molar-refractivity contribution < 1.29 is 9.85 Å². The number of fused-ring (bicyclic) bond motifs is 1. The molecule has 0 spiro atoms. The summed E-state index contributed by atoms with van der Waals surface area (Å²) in [6.07, 6.45) is 3.21. The van der Waals surface area contributed by atoms with E-state index < -0.39 is 9.85 Å². The van der Waals surface area contributed by atoms with Crippen molar-refractivity contribution in [2.24, 2.45) is 16.9 Å². The van der Waals surface area contributed by atoms with Gasteiger partial charge in [-0.05, 0) is 31.2 Å². The van der Waals surface area contributed by atoms with E-state index in [1.54, 1.807) is 0 Å². The third-order valence-electron chi connectivity index (χ3n) is 3.83. The number of nitrogens with one attached hydrogen (secondary N) is 1. The highest BCUT2D eigenvalue weighted by Gasteiger charge is 2.45. The van der Waals surface area contributed by atoms with Crippen molar-refractivity contribution in [2.45, 2.75) is 19.3 Å². The van der Waals surface area contributed by atoms with E-state index in [-0.39, 0.29) is 17.1 Å². The van der Waals surface area contributed by atoms with Gasteiger partial charge >= 0.3 is 5.69 Å². The van der Waals surface area contributed by atoms with Crippen LogP contribution in [0.1, 0.15) is 19.3 Å². The second kappa shape index (κ2) is 4.55. The monoisotopic (exact) mass is 276 g/mol. The molecule has 1 aromatic rings. The highest BCUT2D eigenvalue weighted by Crippen LogP contribution is 2.50. The number of nitro groups is 2. The second-order valence-corrected chi connectivity index (χ2v) is 5.07. The van der Waals surface area contributed by atoms with E-state index in [9.17, 15) is 20.2 Å². The van der Waals surface area contributed by atoms with Crippen molar-refractivity contribution in [2.75, 3.05) is 5.43 Å². The topological polar surface area (TPSA) is 111 Å². The van der Waals surface area contributed by atoms with Gasteiger partial charge < -0.3 is 0 Å². The number of nitrogens with zero attached hydrogens (tertiary/aromatic N) is 3. The fraction of sp³-hybridized carbons (Fsp3) is 0.417. The molecule has 2 unspecified atom stereocenters. The van der Waals surface area contributed by atoms with E-state index in [0.29, 0.717) is 5.92 Å². The van der Waals surface area contributed by atoms with Crippen LogP contribution in [-0.2, 0) is 0 Å². The summed E-state index contributed by atoms with van der Waals surface area (Å²) in [7, 11) is 0. The summed E-state index contributed by atoms with van der Waals surface area (Å²) >= 11 is 0. The number of non-ortho nitro benzene ring substituents is 1. The Hall–Kier alpha value is -2.51. The fourth-order valence-electron chi connectivity index (χ4n) is 2.64. The summed E-state index contributed by atoms with van der Waals surface area (Å²) < 4.78 is 0. The van der Waals surface area contributed by atoms with Crippen LogP contribution in [-0.4, -0.2) is 15.6 Å². The van der Waals surface area contributed by atoms with Gasteiger partial charge in [-0.2, -0.15) is 5.10 Å². The first-order valence-electron chi connectivity index (χ1n) is 6.31. The Balaban J connectivity index is 1.85. The molecule has 0 bridgehead atoms. The zero-order chi connectivity index (χ0) is 14.3. The van der Waals surface area contributed by atoms with Gasteiger partial charge in [0.2, 0.25) is 0 Å². The van der Waals surface area contributed by atoms with Crippen molar-refractivity contribution >= 4 is 22.8 Å². The maximum absolute atomic E-state index is 11.0. The van der Waals surface area contributed by atoms with Crippen molar-refractivity contribution in [3.05, 3.63) is 38.4 Å². The van der Waals surface area contributed by atoms with Gasteiger partial charge in [-0.15, -0.1) is 0 Å². The highest BCUT2D eigenvalue weighted by molar-refractivity contribution is 5.92. The number of hydrazone groups is 1. The number of rotatable bonds is 4. The first-order valence-corrected chi connectivity index (χ1v) is 6.31. The van der Waals surface area contributed by atoms with E-state index in [0.717, 1.165) is 37.0 Å². The molecule has 2 fully saturated rings. The molecule has 20 heavy (non-hydrogen) atoms. The maximum Gasteiger partial charge on any atom is 0.301 e.